The highest BCUT2D eigenvalue weighted by atomic mass is 19.1. The van der Waals surface area contributed by atoms with Gasteiger partial charge in [0, 0.05) is 36.8 Å². The van der Waals surface area contributed by atoms with Crippen LogP contribution in [0.1, 0.15) is 42.1 Å². The molecule has 1 spiro atoms. The molecule has 2 heterocycles. The van der Waals surface area contributed by atoms with E-state index < -0.39 is 34.3 Å². The van der Waals surface area contributed by atoms with Gasteiger partial charge in [-0.3, -0.25) is 4.79 Å². The third kappa shape index (κ3) is 2.57. The molecule has 1 aliphatic heterocycles. The van der Waals surface area contributed by atoms with Crippen LogP contribution in [0, 0.1) is 17.0 Å². The molecule has 0 bridgehead atoms. The van der Waals surface area contributed by atoms with Crippen LogP contribution < -0.4 is 16.1 Å². The van der Waals surface area contributed by atoms with E-state index in [1.54, 1.807) is 4.90 Å². The van der Waals surface area contributed by atoms with Crippen molar-refractivity contribution in [3.8, 4) is 0 Å². The topological polar surface area (TPSA) is 91.8 Å². The van der Waals surface area contributed by atoms with Crippen LogP contribution in [0.15, 0.2) is 11.0 Å². The fourth-order valence-corrected chi connectivity index (χ4v) is 5.11. The first-order chi connectivity index (χ1) is 14.2. The molecule has 1 saturated heterocycles. The van der Waals surface area contributed by atoms with Crippen LogP contribution >= 0.6 is 0 Å². The quantitative estimate of drug-likeness (QED) is 0.741. The highest BCUT2D eigenvalue weighted by Gasteiger charge is 2.56. The van der Waals surface area contributed by atoms with Crippen molar-refractivity contribution in [2.45, 2.75) is 37.8 Å². The third-order valence-corrected chi connectivity index (χ3v) is 6.97. The smallest absolute Gasteiger partial charge is 0.341 e. The molecule has 30 heavy (non-hydrogen) atoms. The van der Waals surface area contributed by atoms with Crippen molar-refractivity contribution >= 4 is 28.2 Å². The number of nitrogens with two attached hydrogens (primary N) is 1. The lowest BCUT2D eigenvalue weighted by Gasteiger charge is -2.25. The molecular weight excluding hydrogens is 394 g/mol. The Morgan fingerprint density at radius 3 is 2.43 bits per heavy atom. The van der Waals surface area contributed by atoms with Gasteiger partial charge in [0.25, 0.3) is 0 Å². The first-order valence-electron chi connectivity index (χ1n) is 10.2. The number of hydrogen-bond acceptors (Lipinski definition) is 5. The zero-order chi connectivity index (χ0) is 21.5. The lowest BCUT2D eigenvalue weighted by Crippen LogP contribution is -2.36. The summed E-state index contributed by atoms with van der Waals surface area (Å²) in [6.45, 7) is 0.988. The van der Waals surface area contributed by atoms with Gasteiger partial charge >= 0.3 is 5.97 Å². The molecule has 160 valence electrons. The summed E-state index contributed by atoms with van der Waals surface area (Å²) in [5, 5.41) is 9.02. The van der Waals surface area contributed by atoms with Crippen LogP contribution in [-0.2, 0) is 0 Å². The van der Waals surface area contributed by atoms with E-state index in [-0.39, 0.29) is 34.1 Å². The first kappa shape index (κ1) is 19.3. The lowest BCUT2D eigenvalue weighted by atomic mass is 10.0. The molecule has 2 saturated carbocycles. The summed E-state index contributed by atoms with van der Waals surface area (Å²) in [5.41, 5.74) is 3.75. The molecule has 2 aliphatic carbocycles. The molecule has 1 aromatic heterocycles. The monoisotopic (exact) mass is 418 g/mol. The van der Waals surface area contributed by atoms with E-state index in [2.05, 4.69) is 4.90 Å². The maximum absolute atomic E-state index is 15.9. The number of halogens is 2. The van der Waals surface area contributed by atoms with Crippen molar-refractivity contribution in [1.82, 2.24) is 9.47 Å². The summed E-state index contributed by atoms with van der Waals surface area (Å²) < 4.78 is 32.7. The number of carboxylic acids is 1. The van der Waals surface area contributed by atoms with Gasteiger partial charge in [-0.2, -0.15) is 0 Å². The Hall–Kier alpha value is -2.68. The fourth-order valence-electron chi connectivity index (χ4n) is 5.11. The number of carbonyl (C=O) groups is 1. The number of aromatic nitrogens is 1. The van der Waals surface area contributed by atoms with Crippen molar-refractivity contribution in [2.24, 2.45) is 5.41 Å². The Morgan fingerprint density at radius 2 is 1.93 bits per heavy atom. The van der Waals surface area contributed by atoms with Crippen LogP contribution in [0.3, 0.4) is 0 Å². The van der Waals surface area contributed by atoms with Crippen molar-refractivity contribution in [3.05, 3.63) is 33.6 Å². The number of pyridine rings is 1. The van der Waals surface area contributed by atoms with Gasteiger partial charge in [0.1, 0.15) is 11.3 Å². The molecule has 0 amide bonds. The summed E-state index contributed by atoms with van der Waals surface area (Å²) in [5.74, 6) is -3.27. The minimum absolute atomic E-state index is 0.0232. The summed E-state index contributed by atoms with van der Waals surface area (Å²) in [6.07, 6.45) is 4.65. The van der Waals surface area contributed by atoms with Crippen molar-refractivity contribution in [3.63, 3.8) is 0 Å². The molecule has 9 heteroatoms. The molecule has 0 radical (unpaired) electrons. The Bertz CT molecular complexity index is 1150. The van der Waals surface area contributed by atoms with Crippen LogP contribution in [0.2, 0.25) is 0 Å². The molecule has 2 aromatic rings. The molecular formula is C21H24F2N4O3. The van der Waals surface area contributed by atoms with E-state index in [1.165, 1.54) is 10.8 Å². The van der Waals surface area contributed by atoms with Crippen LogP contribution in [0.5, 0.6) is 0 Å². The second kappa shape index (κ2) is 6.16. The number of anilines is 2. The van der Waals surface area contributed by atoms with E-state index in [1.807, 2.05) is 14.1 Å². The fraction of sp³-hybridized carbons (Fsp3) is 0.524. The maximum atomic E-state index is 15.9. The van der Waals surface area contributed by atoms with Gasteiger partial charge in [0.05, 0.1) is 16.6 Å². The molecule has 1 aromatic carbocycles. The molecule has 1 atom stereocenters. The van der Waals surface area contributed by atoms with Crippen molar-refractivity contribution in [2.75, 3.05) is 37.8 Å². The number of likely N-dealkylation sites (N-methyl/N-ethyl adjacent to an activating group) is 1. The van der Waals surface area contributed by atoms with Gasteiger partial charge < -0.3 is 25.2 Å². The van der Waals surface area contributed by atoms with E-state index >= 15 is 8.78 Å². The van der Waals surface area contributed by atoms with Crippen molar-refractivity contribution in [1.29, 1.82) is 0 Å². The second-order valence-electron chi connectivity index (χ2n) is 9.15. The highest BCUT2D eigenvalue weighted by Crippen LogP contribution is 2.55. The number of nitrogens with zero attached hydrogens (tertiary/aromatic N) is 3. The predicted octanol–water partition coefficient (Wildman–Crippen LogP) is 2.43. The van der Waals surface area contributed by atoms with Crippen LogP contribution in [-0.4, -0.2) is 53.8 Å². The number of carboxylic acid groups (broad SMARTS) is 1. The number of rotatable bonds is 4. The summed E-state index contributed by atoms with van der Waals surface area (Å²) in [4.78, 5) is 28.1. The summed E-state index contributed by atoms with van der Waals surface area (Å²) in [6, 6.07) is 0.0505. The van der Waals surface area contributed by atoms with Gasteiger partial charge in [0.2, 0.25) is 5.43 Å². The normalized spacial score (nSPS) is 22.4. The van der Waals surface area contributed by atoms with Gasteiger partial charge in [-0.05, 0) is 39.8 Å². The Kier molecular flexibility index (Phi) is 3.96. The zero-order valence-electron chi connectivity index (χ0n) is 16.9. The third-order valence-electron chi connectivity index (χ3n) is 6.97. The lowest BCUT2D eigenvalue weighted by molar-refractivity contribution is 0.0695. The first-order valence-corrected chi connectivity index (χ1v) is 10.2. The molecule has 3 fully saturated rings. The summed E-state index contributed by atoms with van der Waals surface area (Å²) in [7, 11) is 3.93. The van der Waals surface area contributed by atoms with Gasteiger partial charge in [0.15, 0.2) is 11.6 Å². The molecule has 3 aliphatic rings. The largest absolute Gasteiger partial charge is 0.477 e. The van der Waals surface area contributed by atoms with E-state index in [0.717, 1.165) is 25.7 Å². The molecule has 5 rings (SSSR count). The average molecular weight is 418 g/mol. The minimum Gasteiger partial charge on any atom is -0.477 e. The van der Waals surface area contributed by atoms with E-state index in [4.69, 9.17) is 5.73 Å². The van der Waals surface area contributed by atoms with Crippen LogP contribution in [0.4, 0.5) is 20.2 Å². The predicted molar refractivity (Wildman–Crippen MR) is 109 cm³/mol. The van der Waals surface area contributed by atoms with Crippen molar-refractivity contribution < 1.29 is 18.7 Å². The minimum atomic E-state index is -1.44. The number of aromatic carboxylic acids is 1. The van der Waals surface area contributed by atoms with E-state index in [9.17, 15) is 14.7 Å². The van der Waals surface area contributed by atoms with Crippen LogP contribution in [0.25, 0.3) is 10.9 Å². The maximum Gasteiger partial charge on any atom is 0.341 e. The summed E-state index contributed by atoms with van der Waals surface area (Å²) >= 11 is 0. The highest BCUT2D eigenvalue weighted by molar-refractivity contribution is 5.99. The zero-order valence-corrected chi connectivity index (χ0v) is 16.9. The Balaban J connectivity index is 1.76. The Morgan fingerprint density at radius 1 is 1.27 bits per heavy atom. The second-order valence-corrected chi connectivity index (χ2v) is 9.15. The molecule has 1 unspecified atom stereocenters. The number of nitrogen functional groups attached to an aromatic ring is 1. The molecule has 3 N–H and O–H groups in total. The number of hydrogen-bond donors (Lipinski definition) is 2. The van der Waals surface area contributed by atoms with Gasteiger partial charge in [-0.25, -0.2) is 13.6 Å². The Labute approximate surface area is 171 Å². The molecule has 7 nitrogen and oxygen atoms in total. The van der Waals surface area contributed by atoms with E-state index in [0.29, 0.717) is 13.1 Å². The van der Waals surface area contributed by atoms with Gasteiger partial charge in [-0.15, -0.1) is 0 Å². The van der Waals surface area contributed by atoms with Gasteiger partial charge in [-0.1, -0.05) is 0 Å². The average Bonchev–Trinajstić information content (AvgIpc) is 3.58. The standard InChI is InChI=1S/C21H24F2N4O3/c1-25(2)12-8-26(9-21(12)5-6-21)18-14(22)16(24)13-17(15(18)23)27(10-3-4-10)7-11(19(13)28)20(29)30/h7,10,12H,3-6,8-9,24H2,1-2H3,(H,29,30). The number of benzene rings is 1. The number of fused-ring (bicyclic) bond motifs is 1. The SMILES string of the molecule is CN(C)C1CN(c2c(F)c(N)c3c(=O)c(C(=O)O)cn(C4CC4)c3c2F)CC12CC2.